The molecule has 0 aliphatic rings. The zero-order valence-corrected chi connectivity index (χ0v) is 11.6. The molecule has 0 aliphatic carbocycles. The molecule has 0 heterocycles. The molecule has 0 aliphatic heterocycles. The van der Waals surface area contributed by atoms with Gasteiger partial charge in [-0.05, 0) is 23.6 Å². The summed E-state index contributed by atoms with van der Waals surface area (Å²) in [5.41, 5.74) is 1.31. The second-order valence-corrected chi connectivity index (χ2v) is 5.94. The van der Waals surface area contributed by atoms with Crippen LogP contribution in [0.3, 0.4) is 0 Å². The lowest BCUT2D eigenvalue weighted by Gasteiger charge is -2.22. The van der Waals surface area contributed by atoms with Gasteiger partial charge in [0.2, 0.25) is 0 Å². The third-order valence-electron chi connectivity index (χ3n) is 2.81. The normalized spacial score (nSPS) is 14.8. The number of rotatable bonds is 5. The Balaban J connectivity index is 3.06. The summed E-state index contributed by atoms with van der Waals surface area (Å²) < 4.78 is 27.7. The maximum absolute atomic E-state index is 11.3. The van der Waals surface area contributed by atoms with Crippen LogP contribution < -0.4 is 0 Å². The zero-order chi connectivity index (χ0) is 13.8. The van der Waals surface area contributed by atoms with Crippen molar-refractivity contribution < 1.29 is 12.6 Å². The van der Waals surface area contributed by atoms with E-state index >= 15 is 0 Å². The molecule has 1 aromatic carbocycles. The van der Waals surface area contributed by atoms with Crippen molar-refractivity contribution in [2.75, 3.05) is 6.26 Å². The molecular weight excluding hydrogens is 250 g/mol. The van der Waals surface area contributed by atoms with E-state index in [-0.39, 0.29) is 5.92 Å². The smallest absolute Gasteiger partial charge is 0.262 e. The van der Waals surface area contributed by atoms with E-state index in [0.717, 1.165) is 18.2 Å². The van der Waals surface area contributed by atoms with E-state index in [2.05, 4.69) is 0 Å². The van der Waals surface area contributed by atoms with Crippen molar-refractivity contribution in [2.24, 2.45) is 5.92 Å². The molecule has 5 heteroatoms. The SMILES string of the molecule is CC[C@H](C)[C@H](OS(C)(=O)=O)c1ccc(C#N)cc1. The van der Waals surface area contributed by atoms with Gasteiger partial charge >= 0.3 is 0 Å². The van der Waals surface area contributed by atoms with Crippen LogP contribution >= 0.6 is 0 Å². The Labute approximate surface area is 108 Å². The highest BCUT2D eigenvalue weighted by atomic mass is 32.2. The third kappa shape index (κ3) is 4.13. The van der Waals surface area contributed by atoms with E-state index in [1.165, 1.54) is 0 Å². The Bertz CT molecular complexity index is 528. The first-order valence-electron chi connectivity index (χ1n) is 5.75. The van der Waals surface area contributed by atoms with Crippen LogP contribution in [0.5, 0.6) is 0 Å². The summed E-state index contributed by atoms with van der Waals surface area (Å²) in [4.78, 5) is 0. The second kappa shape index (κ2) is 5.98. The third-order valence-corrected chi connectivity index (χ3v) is 3.36. The van der Waals surface area contributed by atoms with Gasteiger partial charge in [-0.15, -0.1) is 0 Å². The molecule has 0 fully saturated rings. The molecule has 0 unspecified atom stereocenters. The zero-order valence-electron chi connectivity index (χ0n) is 10.8. The molecule has 0 aromatic heterocycles. The van der Waals surface area contributed by atoms with Gasteiger partial charge in [-0.1, -0.05) is 32.4 Å². The Hall–Kier alpha value is -1.38. The van der Waals surface area contributed by atoms with E-state index in [1.54, 1.807) is 24.3 Å². The first-order valence-corrected chi connectivity index (χ1v) is 7.57. The van der Waals surface area contributed by atoms with Crippen molar-refractivity contribution in [2.45, 2.75) is 26.4 Å². The minimum Gasteiger partial charge on any atom is -0.262 e. The summed E-state index contributed by atoms with van der Waals surface area (Å²) in [6, 6.07) is 8.82. The Kier molecular flexibility index (Phi) is 4.88. The highest BCUT2D eigenvalue weighted by Crippen LogP contribution is 2.29. The van der Waals surface area contributed by atoms with Gasteiger partial charge in [-0.3, -0.25) is 4.18 Å². The summed E-state index contributed by atoms with van der Waals surface area (Å²) in [6.07, 6.45) is 1.35. The van der Waals surface area contributed by atoms with Crippen molar-refractivity contribution in [1.29, 1.82) is 5.26 Å². The minimum atomic E-state index is -3.51. The lowest BCUT2D eigenvalue weighted by atomic mass is 9.95. The molecule has 0 bridgehead atoms. The van der Waals surface area contributed by atoms with Crippen molar-refractivity contribution in [3.63, 3.8) is 0 Å². The quantitative estimate of drug-likeness (QED) is 0.769. The summed E-state index contributed by atoms with van der Waals surface area (Å²) in [5.74, 6) is 0.0765. The Morgan fingerprint density at radius 3 is 2.28 bits per heavy atom. The molecule has 0 N–H and O–H groups in total. The van der Waals surface area contributed by atoms with Gasteiger partial charge in [0.05, 0.1) is 17.9 Å². The van der Waals surface area contributed by atoms with Crippen LogP contribution in [0.4, 0.5) is 0 Å². The number of nitrogens with zero attached hydrogens (tertiary/aromatic N) is 1. The summed E-state index contributed by atoms with van der Waals surface area (Å²) in [6.45, 7) is 3.92. The molecule has 0 amide bonds. The van der Waals surface area contributed by atoms with Crippen molar-refractivity contribution >= 4 is 10.1 Å². The van der Waals surface area contributed by atoms with Crippen LogP contribution in [0, 0.1) is 17.2 Å². The van der Waals surface area contributed by atoms with Gasteiger partial charge in [0.1, 0.15) is 6.10 Å². The largest absolute Gasteiger partial charge is 0.264 e. The van der Waals surface area contributed by atoms with Crippen LogP contribution in [0.25, 0.3) is 0 Å². The molecule has 0 saturated carbocycles. The highest BCUT2D eigenvalue weighted by Gasteiger charge is 2.23. The molecule has 0 spiro atoms. The summed E-state index contributed by atoms with van der Waals surface area (Å²) in [5, 5.41) is 8.73. The van der Waals surface area contributed by atoms with E-state index in [1.807, 2.05) is 19.9 Å². The fourth-order valence-electron chi connectivity index (χ4n) is 1.63. The first kappa shape index (κ1) is 14.7. The average Bonchev–Trinajstić information content (AvgIpc) is 2.34. The monoisotopic (exact) mass is 267 g/mol. The predicted molar refractivity (Wildman–Crippen MR) is 69.3 cm³/mol. The van der Waals surface area contributed by atoms with Gasteiger partial charge in [0.15, 0.2) is 0 Å². The van der Waals surface area contributed by atoms with Crippen LogP contribution in [0.1, 0.15) is 37.5 Å². The number of hydrogen-bond acceptors (Lipinski definition) is 4. The van der Waals surface area contributed by atoms with Crippen LogP contribution in [-0.2, 0) is 14.3 Å². The number of hydrogen-bond donors (Lipinski definition) is 0. The van der Waals surface area contributed by atoms with Crippen molar-refractivity contribution in [1.82, 2.24) is 0 Å². The van der Waals surface area contributed by atoms with Crippen LogP contribution in [-0.4, -0.2) is 14.7 Å². The van der Waals surface area contributed by atoms with Gasteiger partial charge in [-0.25, -0.2) is 0 Å². The molecular formula is C13H17NO3S. The molecule has 0 saturated heterocycles. The van der Waals surface area contributed by atoms with Gasteiger partial charge in [0.25, 0.3) is 10.1 Å². The molecule has 2 atom stereocenters. The second-order valence-electron chi connectivity index (χ2n) is 4.34. The van der Waals surface area contributed by atoms with Gasteiger partial charge in [-0.2, -0.15) is 13.7 Å². The molecule has 18 heavy (non-hydrogen) atoms. The Morgan fingerprint density at radius 2 is 1.89 bits per heavy atom. The van der Waals surface area contributed by atoms with Crippen LogP contribution in [0.15, 0.2) is 24.3 Å². The molecule has 1 rings (SSSR count). The fourth-order valence-corrected chi connectivity index (χ4v) is 2.31. The lowest BCUT2D eigenvalue weighted by molar-refractivity contribution is 0.151. The van der Waals surface area contributed by atoms with E-state index in [9.17, 15) is 8.42 Å². The molecule has 0 radical (unpaired) electrons. The predicted octanol–water partition coefficient (Wildman–Crippen LogP) is 2.62. The van der Waals surface area contributed by atoms with E-state index < -0.39 is 16.2 Å². The topological polar surface area (TPSA) is 67.2 Å². The van der Waals surface area contributed by atoms with Gasteiger partial charge in [0, 0.05) is 0 Å². The van der Waals surface area contributed by atoms with Gasteiger partial charge < -0.3 is 0 Å². The molecule has 98 valence electrons. The first-order chi connectivity index (χ1) is 8.37. The van der Waals surface area contributed by atoms with Crippen molar-refractivity contribution in [3.8, 4) is 6.07 Å². The Morgan fingerprint density at radius 1 is 1.33 bits per heavy atom. The average molecular weight is 267 g/mol. The lowest BCUT2D eigenvalue weighted by Crippen LogP contribution is -2.17. The van der Waals surface area contributed by atoms with Crippen molar-refractivity contribution in [3.05, 3.63) is 35.4 Å². The standard InChI is InChI=1S/C13H17NO3S/c1-4-10(2)13(17-18(3,15)16)12-7-5-11(9-14)6-8-12/h5-8,10,13H,4H2,1-3H3/t10-,13-/m0/s1. The number of nitriles is 1. The summed E-state index contributed by atoms with van der Waals surface area (Å²) in [7, 11) is -3.51. The summed E-state index contributed by atoms with van der Waals surface area (Å²) >= 11 is 0. The fraction of sp³-hybridized carbons (Fsp3) is 0.462. The van der Waals surface area contributed by atoms with E-state index in [4.69, 9.17) is 9.44 Å². The molecule has 1 aromatic rings. The maximum atomic E-state index is 11.3. The molecule has 4 nitrogen and oxygen atoms in total. The highest BCUT2D eigenvalue weighted by molar-refractivity contribution is 7.86. The number of benzene rings is 1. The minimum absolute atomic E-state index is 0.0765. The maximum Gasteiger partial charge on any atom is 0.264 e. The van der Waals surface area contributed by atoms with E-state index in [0.29, 0.717) is 5.56 Å². The van der Waals surface area contributed by atoms with Crippen LogP contribution in [0.2, 0.25) is 0 Å².